The predicted octanol–water partition coefficient (Wildman–Crippen LogP) is 1.07. The van der Waals surface area contributed by atoms with Gasteiger partial charge in [-0.2, -0.15) is 0 Å². The number of primary amides is 1. The first-order chi connectivity index (χ1) is 14.1. The lowest BCUT2D eigenvalue weighted by Gasteiger charge is -2.17. The second-order valence-electron chi connectivity index (χ2n) is 6.20. The zero-order chi connectivity index (χ0) is 22.5. The van der Waals surface area contributed by atoms with Crippen LogP contribution in [0.3, 0.4) is 0 Å². The van der Waals surface area contributed by atoms with Gasteiger partial charge in [0, 0.05) is 19.7 Å². The van der Waals surface area contributed by atoms with Crippen molar-refractivity contribution in [2.24, 2.45) is 5.73 Å². The van der Waals surface area contributed by atoms with Gasteiger partial charge < -0.3 is 25.3 Å². The summed E-state index contributed by atoms with van der Waals surface area (Å²) in [6.07, 6.45) is 0. The lowest BCUT2D eigenvalue weighted by Crippen LogP contribution is -2.24. The average Bonchev–Trinajstić information content (AvgIpc) is 2.71. The van der Waals surface area contributed by atoms with Crippen molar-refractivity contribution >= 4 is 27.5 Å². The number of anilines is 1. The van der Waals surface area contributed by atoms with E-state index in [9.17, 15) is 18.0 Å². The minimum atomic E-state index is -3.78. The number of hydrogen-bond donors (Lipinski definition) is 2. The van der Waals surface area contributed by atoms with Gasteiger partial charge in [0.2, 0.25) is 15.8 Å². The zero-order valence-electron chi connectivity index (χ0n) is 17.0. The van der Waals surface area contributed by atoms with E-state index in [1.54, 1.807) is 12.1 Å². The van der Waals surface area contributed by atoms with E-state index in [2.05, 4.69) is 5.32 Å². The highest BCUT2D eigenvalue weighted by atomic mass is 32.2. The van der Waals surface area contributed by atoms with Crippen LogP contribution in [0.25, 0.3) is 0 Å². The molecule has 0 aliphatic carbocycles. The molecular formula is C19H23N3O7S. The van der Waals surface area contributed by atoms with Crippen molar-refractivity contribution in [3.63, 3.8) is 0 Å². The first-order valence-corrected chi connectivity index (χ1v) is 10.1. The fraction of sp³-hybridized carbons (Fsp3) is 0.263. The number of hydrogen-bond acceptors (Lipinski definition) is 7. The SMILES string of the molecule is COc1cc(C(=O)Nc2ccccc2S(=O)(=O)N(C)C)cc(OC)c1OCC(N)=O. The van der Waals surface area contributed by atoms with Crippen molar-refractivity contribution in [3.05, 3.63) is 42.0 Å². The standard InChI is InChI=1S/C19H23N3O7S/c1-22(2)30(25,26)16-8-6-5-7-13(16)21-19(24)12-9-14(27-3)18(15(10-12)28-4)29-11-17(20)23/h5-10H,11H2,1-4H3,(H2,20,23)(H,21,24). The Morgan fingerprint density at radius 1 is 1.07 bits per heavy atom. The Balaban J connectivity index is 2.43. The molecule has 2 aromatic rings. The number of carbonyl (C=O) groups excluding carboxylic acids is 2. The molecule has 0 radical (unpaired) electrons. The Bertz CT molecular complexity index is 1030. The highest BCUT2D eigenvalue weighted by Gasteiger charge is 2.23. The molecule has 11 heteroatoms. The third-order valence-corrected chi connectivity index (χ3v) is 5.85. The highest BCUT2D eigenvalue weighted by molar-refractivity contribution is 7.89. The number of carbonyl (C=O) groups is 2. The maximum Gasteiger partial charge on any atom is 0.255 e. The van der Waals surface area contributed by atoms with Crippen LogP contribution in [-0.2, 0) is 14.8 Å². The van der Waals surface area contributed by atoms with Crippen LogP contribution in [-0.4, -0.2) is 59.5 Å². The molecule has 0 heterocycles. The molecule has 3 N–H and O–H groups in total. The predicted molar refractivity (Wildman–Crippen MR) is 110 cm³/mol. The van der Waals surface area contributed by atoms with Crippen LogP contribution in [0, 0.1) is 0 Å². The summed E-state index contributed by atoms with van der Waals surface area (Å²) in [7, 11) is 1.72. The Morgan fingerprint density at radius 3 is 2.13 bits per heavy atom. The van der Waals surface area contributed by atoms with E-state index >= 15 is 0 Å². The fourth-order valence-electron chi connectivity index (χ4n) is 2.48. The van der Waals surface area contributed by atoms with Crippen molar-refractivity contribution in [1.82, 2.24) is 4.31 Å². The normalized spacial score (nSPS) is 11.1. The fourth-order valence-corrected chi connectivity index (χ4v) is 3.52. The van der Waals surface area contributed by atoms with Gasteiger partial charge in [0.1, 0.15) is 4.90 Å². The molecule has 2 rings (SSSR count). The Morgan fingerprint density at radius 2 is 1.63 bits per heavy atom. The van der Waals surface area contributed by atoms with Gasteiger partial charge in [-0.15, -0.1) is 0 Å². The summed E-state index contributed by atoms with van der Waals surface area (Å²) in [6, 6.07) is 8.78. The lowest BCUT2D eigenvalue weighted by atomic mass is 10.1. The van der Waals surface area contributed by atoms with E-state index in [4.69, 9.17) is 19.9 Å². The molecule has 2 amide bonds. The van der Waals surface area contributed by atoms with Crippen molar-refractivity contribution < 1.29 is 32.2 Å². The first-order valence-electron chi connectivity index (χ1n) is 8.61. The van der Waals surface area contributed by atoms with Crippen LogP contribution in [0.15, 0.2) is 41.3 Å². The summed E-state index contributed by atoms with van der Waals surface area (Å²) in [5, 5.41) is 2.59. The topological polar surface area (TPSA) is 137 Å². The summed E-state index contributed by atoms with van der Waals surface area (Å²) < 4.78 is 41.9. The maximum absolute atomic E-state index is 12.8. The largest absolute Gasteiger partial charge is 0.493 e. The number of rotatable bonds is 9. The lowest BCUT2D eigenvalue weighted by molar-refractivity contribution is -0.120. The maximum atomic E-state index is 12.8. The number of benzene rings is 2. The highest BCUT2D eigenvalue weighted by Crippen LogP contribution is 2.39. The molecule has 0 spiro atoms. The quantitative estimate of drug-likeness (QED) is 0.598. The van der Waals surface area contributed by atoms with Gasteiger partial charge >= 0.3 is 0 Å². The molecule has 0 aromatic heterocycles. The molecule has 0 fully saturated rings. The van der Waals surface area contributed by atoms with Gasteiger partial charge in [-0.1, -0.05) is 12.1 Å². The number of nitrogens with two attached hydrogens (primary N) is 1. The average molecular weight is 437 g/mol. The molecule has 0 unspecified atom stereocenters. The van der Waals surface area contributed by atoms with Gasteiger partial charge in [-0.05, 0) is 24.3 Å². The summed E-state index contributed by atoms with van der Waals surface area (Å²) >= 11 is 0. The Kier molecular flexibility index (Phi) is 7.24. The van der Waals surface area contributed by atoms with Crippen LogP contribution in [0.2, 0.25) is 0 Å². The molecule has 0 aliphatic rings. The summed E-state index contributed by atoms with van der Waals surface area (Å²) in [5.74, 6) is -0.926. The molecule has 0 saturated heterocycles. The Labute approximate surface area is 174 Å². The van der Waals surface area contributed by atoms with Crippen LogP contribution in [0.5, 0.6) is 17.2 Å². The Hall–Kier alpha value is -3.31. The summed E-state index contributed by atoms with van der Waals surface area (Å²) in [5.41, 5.74) is 5.33. The van der Waals surface area contributed by atoms with Gasteiger partial charge in [0.05, 0.1) is 19.9 Å². The second kappa shape index (κ2) is 9.46. The van der Waals surface area contributed by atoms with Crippen LogP contribution in [0.1, 0.15) is 10.4 Å². The third kappa shape index (κ3) is 4.99. The van der Waals surface area contributed by atoms with Crippen molar-refractivity contribution in [2.75, 3.05) is 40.2 Å². The van der Waals surface area contributed by atoms with Gasteiger partial charge in [0.25, 0.3) is 11.8 Å². The summed E-state index contributed by atoms with van der Waals surface area (Å²) in [6.45, 7) is -0.409. The molecule has 10 nitrogen and oxygen atoms in total. The van der Waals surface area contributed by atoms with Gasteiger partial charge in [-0.3, -0.25) is 9.59 Å². The first kappa shape index (κ1) is 23.0. The third-order valence-electron chi connectivity index (χ3n) is 3.98. The molecule has 0 atom stereocenters. The van der Waals surface area contributed by atoms with Crippen LogP contribution >= 0.6 is 0 Å². The van der Waals surface area contributed by atoms with E-state index in [1.165, 1.54) is 52.6 Å². The van der Waals surface area contributed by atoms with E-state index < -0.39 is 28.4 Å². The van der Waals surface area contributed by atoms with E-state index in [-0.39, 0.29) is 33.4 Å². The van der Waals surface area contributed by atoms with Gasteiger partial charge in [-0.25, -0.2) is 12.7 Å². The van der Waals surface area contributed by atoms with E-state index in [1.807, 2.05) is 0 Å². The number of sulfonamides is 1. The van der Waals surface area contributed by atoms with Gasteiger partial charge in [0.15, 0.2) is 18.1 Å². The van der Waals surface area contributed by atoms with Crippen molar-refractivity contribution in [2.45, 2.75) is 4.90 Å². The molecule has 162 valence electrons. The molecule has 2 aromatic carbocycles. The number of nitrogens with zero attached hydrogens (tertiary/aromatic N) is 1. The number of methoxy groups -OCH3 is 2. The molecular weight excluding hydrogens is 414 g/mol. The smallest absolute Gasteiger partial charge is 0.255 e. The van der Waals surface area contributed by atoms with Crippen molar-refractivity contribution in [3.8, 4) is 17.2 Å². The summed E-state index contributed by atoms with van der Waals surface area (Å²) in [4.78, 5) is 23.8. The molecule has 0 saturated carbocycles. The van der Waals surface area contributed by atoms with Crippen molar-refractivity contribution in [1.29, 1.82) is 0 Å². The van der Waals surface area contributed by atoms with Crippen LogP contribution < -0.4 is 25.3 Å². The molecule has 0 aliphatic heterocycles. The minimum absolute atomic E-state index is 0.0521. The van der Waals surface area contributed by atoms with Crippen LogP contribution in [0.4, 0.5) is 5.69 Å². The zero-order valence-corrected chi connectivity index (χ0v) is 17.8. The second-order valence-corrected chi connectivity index (χ2v) is 8.32. The molecule has 30 heavy (non-hydrogen) atoms. The monoisotopic (exact) mass is 437 g/mol. The number of para-hydroxylation sites is 1. The van der Waals surface area contributed by atoms with E-state index in [0.717, 1.165) is 4.31 Å². The molecule has 0 bridgehead atoms. The number of nitrogens with one attached hydrogen (secondary N) is 1. The van der Waals surface area contributed by atoms with E-state index in [0.29, 0.717) is 0 Å². The number of ether oxygens (including phenoxy) is 3. The minimum Gasteiger partial charge on any atom is -0.493 e. The number of amides is 2.